The maximum absolute atomic E-state index is 12.5. The van der Waals surface area contributed by atoms with Gasteiger partial charge in [0.25, 0.3) is 0 Å². The van der Waals surface area contributed by atoms with Crippen LogP contribution >= 0.6 is 12.2 Å². The molecule has 3 heterocycles. The predicted molar refractivity (Wildman–Crippen MR) is 155 cm³/mol. The van der Waals surface area contributed by atoms with Gasteiger partial charge in [-0.05, 0) is 30.7 Å². The van der Waals surface area contributed by atoms with Gasteiger partial charge in [0.2, 0.25) is 0 Å². The number of ether oxygens (including phenoxy) is 5. The fourth-order valence-electron chi connectivity index (χ4n) is 4.97. The van der Waals surface area contributed by atoms with Gasteiger partial charge < -0.3 is 32.7 Å². The Balaban J connectivity index is 2.04. The van der Waals surface area contributed by atoms with Crippen molar-refractivity contribution in [1.82, 2.24) is 4.57 Å². The van der Waals surface area contributed by atoms with Crippen LogP contribution in [0.3, 0.4) is 0 Å². The summed E-state index contributed by atoms with van der Waals surface area (Å²) in [6.45, 7) is 6.11. The third-order valence-electron chi connectivity index (χ3n) is 6.71. The van der Waals surface area contributed by atoms with E-state index in [-0.39, 0.29) is 10.2 Å². The summed E-state index contributed by atoms with van der Waals surface area (Å²) in [5.74, 6) is -2.56. The molecular formula is C31H30N2O10S. The van der Waals surface area contributed by atoms with Crippen molar-refractivity contribution in [2.45, 2.75) is 65.3 Å². The van der Waals surface area contributed by atoms with Crippen LogP contribution in [-0.4, -0.2) is 59.5 Å². The molecule has 1 saturated heterocycles. The van der Waals surface area contributed by atoms with E-state index in [9.17, 15) is 24.4 Å². The molecule has 13 heteroatoms. The number of aromatic nitrogens is 1. The largest absolute Gasteiger partial charge is 0.464 e. The molecular weight excluding hydrogens is 592 g/mol. The van der Waals surface area contributed by atoms with E-state index in [1.54, 1.807) is 18.2 Å². The van der Waals surface area contributed by atoms with Gasteiger partial charge >= 0.3 is 23.9 Å². The number of pyridine rings is 1. The average Bonchev–Trinajstić information content (AvgIpc) is 3.49. The van der Waals surface area contributed by atoms with Crippen LogP contribution in [0.4, 0.5) is 0 Å². The molecule has 5 atom stereocenters. The second-order valence-electron chi connectivity index (χ2n) is 10.0. The molecule has 3 aromatic rings. The van der Waals surface area contributed by atoms with Gasteiger partial charge in [-0.1, -0.05) is 42.0 Å². The lowest BCUT2D eigenvalue weighted by Gasteiger charge is -2.45. The maximum Gasteiger partial charge on any atom is 0.303 e. The van der Waals surface area contributed by atoms with Crippen molar-refractivity contribution in [3.63, 3.8) is 0 Å². The van der Waals surface area contributed by atoms with Gasteiger partial charge in [-0.25, -0.2) is 0 Å². The van der Waals surface area contributed by atoms with Crippen LogP contribution in [0.5, 0.6) is 0 Å². The topological polar surface area (TPSA) is 156 Å². The first kappa shape index (κ1) is 32.1. The maximum atomic E-state index is 12.5. The molecule has 0 radical (unpaired) electrons. The third kappa shape index (κ3) is 7.04. The molecule has 44 heavy (non-hydrogen) atoms. The second kappa shape index (κ2) is 13.7. The van der Waals surface area contributed by atoms with E-state index in [2.05, 4.69) is 6.07 Å². The molecule has 4 rings (SSSR count). The highest BCUT2D eigenvalue weighted by molar-refractivity contribution is 7.71. The van der Waals surface area contributed by atoms with Gasteiger partial charge in [0.15, 0.2) is 24.5 Å². The van der Waals surface area contributed by atoms with Crippen LogP contribution < -0.4 is 0 Å². The van der Waals surface area contributed by atoms with Crippen molar-refractivity contribution in [3.8, 4) is 28.7 Å². The fourth-order valence-corrected chi connectivity index (χ4v) is 5.33. The Morgan fingerprint density at radius 1 is 0.909 bits per heavy atom. The molecule has 230 valence electrons. The van der Waals surface area contributed by atoms with E-state index in [0.29, 0.717) is 22.6 Å². The van der Waals surface area contributed by atoms with E-state index in [0.717, 1.165) is 26.3 Å². The van der Waals surface area contributed by atoms with Gasteiger partial charge in [-0.2, -0.15) is 5.26 Å². The quantitative estimate of drug-likeness (QED) is 0.196. The van der Waals surface area contributed by atoms with Gasteiger partial charge in [0.1, 0.15) is 29.2 Å². The van der Waals surface area contributed by atoms with Crippen LogP contribution in [-0.2, 0) is 42.9 Å². The van der Waals surface area contributed by atoms with Crippen LogP contribution in [0.2, 0.25) is 0 Å². The summed E-state index contributed by atoms with van der Waals surface area (Å²) in [6, 6.07) is 14.6. The first-order valence-corrected chi connectivity index (χ1v) is 13.9. The normalized spacial score (nSPS) is 21.0. The van der Waals surface area contributed by atoms with E-state index in [1.807, 2.05) is 31.2 Å². The summed E-state index contributed by atoms with van der Waals surface area (Å²) in [7, 11) is 0. The number of esters is 4. The van der Waals surface area contributed by atoms with Gasteiger partial charge in [-0.15, -0.1) is 0 Å². The highest BCUT2D eigenvalue weighted by atomic mass is 32.1. The Morgan fingerprint density at radius 3 is 2.07 bits per heavy atom. The first-order chi connectivity index (χ1) is 20.9. The molecule has 0 amide bonds. The smallest absolute Gasteiger partial charge is 0.303 e. The zero-order valence-electron chi connectivity index (χ0n) is 24.6. The molecule has 0 spiro atoms. The van der Waals surface area contributed by atoms with E-state index in [1.165, 1.54) is 17.8 Å². The highest BCUT2D eigenvalue weighted by Crippen LogP contribution is 2.40. The van der Waals surface area contributed by atoms with Crippen molar-refractivity contribution in [1.29, 1.82) is 5.26 Å². The summed E-state index contributed by atoms with van der Waals surface area (Å²) in [5.41, 5.74) is 2.51. The number of nitriles is 1. The Bertz CT molecular complexity index is 1660. The number of hydrogen-bond acceptors (Lipinski definition) is 12. The van der Waals surface area contributed by atoms with Crippen LogP contribution in [0.1, 0.15) is 45.0 Å². The van der Waals surface area contributed by atoms with Crippen molar-refractivity contribution in [2.75, 3.05) is 6.61 Å². The Morgan fingerprint density at radius 2 is 1.52 bits per heavy atom. The van der Waals surface area contributed by atoms with Crippen molar-refractivity contribution in [3.05, 3.63) is 64.5 Å². The number of benzene rings is 1. The summed E-state index contributed by atoms with van der Waals surface area (Å²) >= 11 is 5.88. The molecule has 0 N–H and O–H groups in total. The van der Waals surface area contributed by atoms with E-state index >= 15 is 0 Å². The van der Waals surface area contributed by atoms with Gasteiger partial charge in [0.05, 0.1) is 17.5 Å². The molecule has 5 unspecified atom stereocenters. The molecule has 0 aliphatic carbocycles. The summed E-state index contributed by atoms with van der Waals surface area (Å²) in [5, 5.41) is 10.3. The first-order valence-electron chi connectivity index (χ1n) is 13.5. The lowest BCUT2D eigenvalue weighted by Crippen LogP contribution is -2.60. The number of hydrogen-bond donors (Lipinski definition) is 0. The molecule has 12 nitrogen and oxygen atoms in total. The lowest BCUT2D eigenvalue weighted by molar-refractivity contribution is -0.268. The average molecular weight is 623 g/mol. The minimum atomic E-state index is -1.44. The van der Waals surface area contributed by atoms with E-state index < -0.39 is 61.1 Å². The van der Waals surface area contributed by atoms with Crippen molar-refractivity contribution in [2.24, 2.45) is 0 Å². The van der Waals surface area contributed by atoms with E-state index in [4.69, 9.17) is 40.3 Å². The zero-order chi connectivity index (χ0) is 32.1. The number of carbonyl (C=O) groups excluding carboxylic acids is 4. The molecule has 1 aromatic carbocycles. The molecule has 0 saturated carbocycles. The van der Waals surface area contributed by atoms with Crippen LogP contribution in [0.15, 0.2) is 53.1 Å². The monoisotopic (exact) mass is 622 g/mol. The lowest BCUT2D eigenvalue weighted by atomic mass is 9.95. The standard InChI is InChI=1S/C31H30N2O10S/c1-16-8-10-21(11-9-16)24-13-22(25-7-6-12-38-25)23(14-32)31(44)33(24)30-29(42-20(5)37)28(41-19(4)36)27(40-18(3)35)26(43-30)15-39-17(2)34/h6-13,26-30H,15H2,1-5H3. The minimum absolute atomic E-state index is 0.0159. The number of furan rings is 1. The number of rotatable bonds is 8. The van der Waals surface area contributed by atoms with Crippen LogP contribution in [0, 0.1) is 22.9 Å². The Hall–Kier alpha value is -4.80. The SMILES string of the molecule is CC(=O)OCC1OC(n2c(-c3ccc(C)cc3)cc(-c3ccco3)c(C#N)c2=S)C(OC(C)=O)C(OC(C)=O)C1OC(C)=O. The third-order valence-corrected chi connectivity index (χ3v) is 7.11. The number of nitrogens with zero attached hydrogens (tertiary/aromatic N) is 2. The summed E-state index contributed by atoms with van der Waals surface area (Å²) < 4.78 is 35.5. The zero-order valence-corrected chi connectivity index (χ0v) is 25.4. The molecule has 1 aliphatic heterocycles. The molecule has 1 fully saturated rings. The Kier molecular flexibility index (Phi) is 9.97. The minimum Gasteiger partial charge on any atom is -0.464 e. The summed E-state index contributed by atoms with van der Waals surface area (Å²) in [6.07, 6.45) is -5.34. The number of aryl methyl sites for hydroxylation is 1. The molecule has 1 aliphatic rings. The molecule has 0 bridgehead atoms. The van der Waals surface area contributed by atoms with Crippen molar-refractivity contribution >= 4 is 36.1 Å². The second-order valence-corrected chi connectivity index (χ2v) is 10.4. The van der Waals surface area contributed by atoms with Gasteiger partial charge in [-0.3, -0.25) is 19.2 Å². The van der Waals surface area contributed by atoms with Crippen molar-refractivity contribution < 1.29 is 47.3 Å². The predicted octanol–water partition coefficient (Wildman–Crippen LogP) is 4.58. The van der Waals surface area contributed by atoms with Crippen LogP contribution in [0.25, 0.3) is 22.6 Å². The van der Waals surface area contributed by atoms with Gasteiger partial charge in [0, 0.05) is 33.3 Å². The molecule has 2 aromatic heterocycles. The summed E-state index contributed by atoms with van der Waals surface area (Å²) in [4.78, 5) is 48.7. The number of carbonyl (C=O) groups is 4. The Labute approximate surface area is 258 Å². The highest BCUT2D eigenvalue weighted by Gasteiger charge is 2.53. The fraction of sp³-hybridized carbons (Fsp3) is 0.355.